The first-order chi connectivity index (χ1) is 13.8. The molecule has 0 radical (unpaired) electrons. The second kappa shape index (κ2) is 7.31. The van der Waals surface area contributed by atoms with Gasteiger partial charge in [0.15, 0.2) is 0 Å². The fourth-order valence-electron chi connectivity index (χ4n) is 3.45. The Morgan fingerprint density at radius 2 is 1.93 bits per heavy atom. The summed E-state index contributed by atoms with van der Waals surface area (Å²) in [5.74, 6) is -0.687. The van der Waals surface area contributed by atoms with Gasteiger partial charge in [0.1, 0.15) is 5.82 Å². The summed E-state index contributed by atoms with van der Waals surface area (Å²) < 4.78 is 61.6. The van der Waals surface area contributed by atoms with E-state index in [4.69, 9.17) is 4.52 Å². The summed E-state index contributed by atoms with van der Waals surface area (Å²) in [5.41, 5.74) is -1.06. The number of nitrogens with zero attached hydrogens (tertiary/aromatic N) is 3. The third-order valence-electron chi connectivity index (χ3n) is 5.02. The smallest absolute Gasteiger partial charge is 0.266 e. The van der Waals surface area contributed by atoms with E-state index < -0.39 is 28.1 Å². The maximum atomic E-state index is 15.7. The van der Waals surface area contributed by atoms with Crippen LogP contribution in [0, 0.1) is 12.7 Å². The summed E-state index contributed by atoms with van der Waals surface area (Å²) in [6, 6.07) is 12.5. The molecule has 3 aromatic rings. The lowest BCUT2D eigenvalue weighted by atomic mass is 9.96. The fourth-order valence-corrected chi connectivity index (χ4v) is 5.21. The van der Waals surface area contributed by atoms with Gasteiger partial charge in [-0.05, 0) is 37.5 Å². The minimum Gasteiger partial charge on any atom is -0.335 e. The molecule has 1 unspecified atom stereocenters. The zero-order valence-electron chi connectivity index (χ0n) is 15.7. The van der Waals surface area contributed by atoms with Crippen LogP contribution in [0.25, 0.3) is 11.4 Å². The van der Waals surface area contributed by atoms with Gasteiger partial charge >= 0.3 is 0 Å². The molecule has 1 saturated heterocycles. The molecular weight excluding hydrogens is 400 g/mol. The average molecular weight is 419 g/mol. The van der Waals surface area contributed by atoms with Gasteiger partial charge in [-0.3, -0.25) is 0 Å². The molecule has 152 valence electrons. The first-order valence-corrected chi connectivity index (χ1v) is 10.6. The van der Waals surface area contributed by atoms with Crippen LogP contribution in [0.4, 0.5) is 8.78 Å². The van der Waals surface area contributed by atoms with E-state index in [1.807, 2.05) is 6.07 Å². The quantitative estimate of drug-likeness (QED) is 0.642. The molecule has 0 spiro atoms. The molecule has 9 heteroatoms. The highest BCUT2D eigenvalue weighted by molar-refractivity contribution is 7.89. The van der Waals surface area contributed by atoms with E-state index in [0.717, 1.165) is 10.4 Å². The van der Waals surface area contributed by atoms with Gasteiger partial charge in [-0.25, -0.2) is 17.2 Å². The van der Waals surface area contributed by atoms with Gasteiger partial charge in [-0.1, -0.05) is 41.6 Å². The molecule has 0 N–H and O–H groups in total. The Balaban J connectivity index is 1.64. The van der Waals surface area contributed by atoms with Crippen LogP contribution < -0.4 is 0 Å². The Morgan fingerprint density at radius 3 is 2.69 bits per heavy atom. The third kappa shape index (κ3) is 3.67. The molecule has 4 rings (SSSR count). The van der Waals surface area contributed by atoms with Crippen molar-refractivity contribution in [3.63, 3.8) is 0 Å². The molecule has 0 saturated carbocycles. The van der Waals surface area contributed by atoms with Crippen molar-refractivity contribution in [1.82, 2.24) is 14.4 Å². The lowest BCUT2D eigenvalue weighted by Gasteiger charge is -2.34. The highest BCUT2D eigenvalue weighted by Crippen LogP contribution is 2.37. The lowest BCUT2D eigenvalue weighted by molar-refractivity contribution is 0.0470. The van der Waals surface area contributed by atoms with Crippen LogP contribution in [0.15, 0.2) is 57.9 Å². The molecule has 29 heavy (non-hydrogen) atoms. The Kier molecular flexibility index (Phi) is 4.95. The SMILES string of the molecule is Cc1ccc(F)cc1S(=O)(=O)N1CCCC(F)(c2nc(-c3ccccc3)no2)C1. The van der Waals surface area contributed by atoms with Crippen molar-refractivity contribution in [3.8, 4) is 11.4 Å². The van der Waals surface area contributed by atoms with E-state index in [9.17, 15) is 12.8 Å². The predicted molar refractivity (Wildman–Crippen MR) is 102 cm³/mol. The molecule has 1 atom stereocenters. The van der Waals surface area contributed by atoms with Crippen LogP contribution in [0.3, 0.4) is 0 Å². The molecular formula is C20H19F2N3O3S. The largest absolute Gasteiger partial charge is 0.335 e. The summed E-state index contributed by atoms with van der Waals surface area (Å²) in [6.45, 7) is 1.23. The normalized spacial score (nSPS) is 20.7. The highest BCUT2D eigenvalue weighted by atomic mass is 32.2. The van der Waals surface area contributed by atoms with Crippen molar-refractivity contribution in [3.05, 3.63) is 65.8 Å². The number of alkyl halides is 1. The van der Waals surface area contributed by atoms with Gasteiger partial charge in [0.2, 0.25) is 21.5 Å². The standard InChI is InChI=1S/C20H19F2N3O3S/c1-14-8-9-16(21)12-17(14)29(26,27)25-11-5-10-20(22,13-25)19-23-18(24-28-19)15-6-3-2-4-7-15/h2-4,6-9,12H,5,10-11,13H2,1H3. The molecule has 6 nitrogen and oxygen atoms in total. The Bertz CT molecular complexity index is 1130. The van der Waals surface area contributed by atoms with Crippen LogP contribution in [-0.2, 0) is 15.7 Å². The molecule has 0 bridgehead atoms. The monoisotopic (exact) mass is 419 g/mol. The number of sulfonamides is 1. The maximum Gasteiger partial charge on any atom is 0.266 e. The fraction of sp³-hybridized carbons (Fsp3) is 0.300. The number of rotatable bonds is 4. The van der Waals surface area contributed by atoms with Crippen molar-refractivity contribution >= 4 is 10.0 Å². The molecule has 0 amide bonds. The van der Waals surface area contributed by atoms with Crippen LogP contribution >= 0.6 is 0 Å². The van der Waals surface area contributed by atoms with Crippen molar-refractivity contribution in [2.75, 3.05) is 13.1 Å². The highest BCUT2D eigenvalue weighted by Gasteiger charge is 2.46. The number of hydrogen-bond donors (Lipinski definition) is 0. The van der Waals surface area contributed by atoms with E-state index in [-0.39, 0.29) is 36.0 Å². The van der Waals surface area contributed by atoms with Crippen LogP contribution in [0.1, 0.15) is 24.3 Å². The van der Waals surface area contributed by atoms with Gasteiger partial charge in [0, 0.05) is 12.1 Å². The van der Waals surface area contributed by atoms with Crippen LogP contribution in [-0.4, -0.2) is 36.0 Å². The number of piperidine rings is 1. The maximum absolute atomic E-state index is 15.7. The molecule has 0 aliphatic carbocycles. The van der Waals surface area contributed by atoms with E-state index in [0.29, 0.717) is 11.1 Å². The third-order valence-corrected chi connectivity index (χ3v) is 7.00. The van der Waals surface area contributed by atoms with Gasteiger partial charge in [-0.15, -0.1) is 0 Å². The minimum absolute atomic E-state index is 0.0532. The van der Waals surface area contributed by atoms with Gasteiger partial charge in [0.25, 0.3) is 5.89 Å². The van der Waals surface area contributed by atoms with Crippen LogP contribution in [0.2, 0.25) is 0 Å². The average Bonchev–Trinajstić information content (AvgIpc) is 3.22. The van der Waals surface area contributed by atoms with E-state index in [2.05, 4.69) is 10.1 Å². The first-order valence-electron chi connectivity index (χ1n) is 9.14. The summed E-state index contributed by atoms with van der Waals surface area (Å²) in [5, 5.41) is 3.83. The summed E-state index contributed by atoms with van der Waals surface area (Å²) in [6.07, 6.45) is 0.324. The van der Waals surface area contributed by atoms with E-state index in [1.54, 1.807) is 31.2 Å². The van der Waals surface area contributed by atoms with Gasteiger partial charge in [-0.2, -0.15) is 9.29 Å². The molecule has 2 heterocycles. The van der Waals surface area contributed by atoms with Gasteiger partial charge < -0.3 is 4.52 Å². The zero-order chi connectivity index (χ0) is 20.6. The second-order valence-corrected chi connectivity index (χ2v) is 9.01. The van der Waals surface area contributed by atoms with Crippen molar-refractivity contribution in [1.29, 1.82) is 0 Å². The lowest BCUT2D eigenvalue weighted by Crippen LogP contribution is -2.46. The van der Waals surface area contributed by atoms with E-state index in [1.165, 1.54) is 12.1 Å². The molecule has 1 aliphatic rings. The number of aromatic nitrogens is 2. The van der Waals surface area contributed by atoms with Gasteiger partial charge in [0.05, 0.1) is 11.4 Å². The Hall–Kier alpha value is -2.65. The molecule has 1 fully saturated rings. The number of aryl methyl sites for hydroxylation is 1. The summed E-state index contributed by atoms with van der Waals surface area (Å²) in [7, 11) is -4.08. The number of hydrogen-bond acceptors (Lipinski definition) is 5. The summed E-state index contributed by atoms with van der Waals surface area (Å²) >= 11 is 0. The molecule has 1 aromatic heterocycles. The van der Waals surface area contributed by atoms with Crippen molar-refractivity contribution in [2.24, 2.45) is 0 Å². The molecule has 2 aromatic carbocycles. The van der Waals surface area contributed by atoms with Crippen molar-refractivity contribution < 1.29 is 21.7 Å². The topological polar surface area (TPSA) is 76.3 Å². The summed E-state index contributed by atoms with van der Waals surface area (Å²) in [4.78, 5) is 3.99. The minimum atomic E-state index is -4.08. The van der Waals surface area contributed by atoms with E-state index >= 15 is 4.39 Å². The molecule has 1 aliphatic heterocycles. The number of benzene rings is 2. The predicted octanol–water partition coefficient (Wildman–Crippen LogP) is 3.83. The van der Waals surface area contributed by atoms with Crippen molar-refractivity contribution in [2.45, 2.75) is 30.3 Å². The Labute approximate surface area is 167 Å². The second-order valence-electron chi connectivity index (χ2n) is 7.11. The first kappa shape index (κ1) is 19.7. The zero-order valence-corrected chi connectivity index (χ0v) is 16.5. The van der Waals surface area contributed by atoms with Crippen LogP contribution in [0.5, 0.6) is 0 Å². The Morgan fingerprint density at radius 1 is 1.17 bits per heavy atom. The number of halogens is 2.